The standard InChI is InChI=1S/C21H15N3O/c25-15-18(16-9-3-1-4-10-16)21(17-11-5-2-6-12-17)24-20-14-8-7-13-19(20)22-23-24/h1-15H/b21-18+. The van der Waals surface area contributed by atoms with Crippen molar-refractivity contribution >= 4 is 28.6 Å². The van der Waals surface area contributed by atoms with Crippen molar-refractivity contribution in [2.45, 2.75) is 0 Å². The Balaban J connectivity index is 2.07. The summed E-state index contributed by atoms with van der Waals surface area (Å²) in [5, 5.41) is 8.55. The molecule has 4 nitrogen and oxygen atoms in total. The summed E-state index contributed by atoms with van der Waals surface area (Å²) in [4.78, 5) is 12.0. The number of rotatable bonds is 4. The number of benzene rings is 3. The van der Waals surface area contributed by atoms with Gasteiger partial charge in [0.1, 0.15) is 5.52 Å². The molecule has 0 spiro atoms. The third kappa shape index (κ3) is 2.74. The molecule has 0 aliphatic rings. The number of hydrogen-bond acceptors (Lipinski definition) is 3. The molecule has 25 heavy (non-hydrogen) atoms. The van der Waals surface area contributed by atoms with Gasteiger partial charge >= 0.3 is 0 Å². The highest BCUT2D eigenvalue weighted by Crippen LogP contribution is 2.28. The molecule has 1 heterocycles. The number of hydrogen-bond donors (Lipinski definition) is 0. The average molecular weight is 325 g/mol. The molecule has 0 amide bonds. The summed E-state index contributed by atoms with van der Waals surface area (Å²) >= 11 is 0. The van der Waals surface area contributed by atoms with Crippen molar-refractivity contribution in [2.24, 2.45) is 0 Å². The molecule has 0 radical (unpaired) electrons. The minimum Gasteiger partial charge on any atom is -0.298 e. The van der Waals surface area contributed by atoms with Gasteiger partial charge in [0.05, 0.1) is 11.2 Å². The lowest BCUT2D eigenvalue weighted by atomic mass is 10.0. The van der Waals surface area contributed by atoms with E-state index in [1.165, 1.54) is 0 Å². The first-order chi connectivity index (χ1) is 12.4. The van der Waals surface area contributed by atoms with Crippen LogP contribution in [0.25, 0.3) is 22.3 Å². The van der Waals surface area contributed by atoms with Gasteiger partial charge in [0.2, 0.25) is 0 Å². The number of carbonyl (C=O) groups excluding carboxylic acids is 1. The van der Waals surface area contributed by atoms with E-state index in [9.17, 15) is 4.79 Å². The number of aromatic nitrogens is 3. The van der Waals surface area contributed by atoms with E-state index in [1.54, 1.807) is 4.68 Å². The van der Waals surface area contributed by atoms with Crippen LogP contribution in [0.1, 0.15) is 11.1 Å². The van der Waals surface area contributed by atoms with E-state index in [1.807, 2.05) is 84.9 Å². The van der Waals surface area contributed by atoms with Crippen molar-refractivity contribution < 1.29 is 4.79 Å². The number of para-hydroxylation sites is 1. The molecule has 0 N–H and O–H groups in total. The molecule has 0 unspecified atom stereocenters. The Bertz CT molecular complexity index is 1050. The third-order valence-corrected chi connectivity index (χ3v) is 4.07. The zero-order valence-electron chi connectivity index (χ0n) is 13.4. The van der Waals surface area contributed by atoms with Crippen LogP contribution in [0, 0.1) is 0 Å². The Morgan fingerprint density at radius 1 is 0.760 bits per heavy atom. The highest BCUT2D eigenvalue weighted by atomic mass is 16.1. The molecule has 4 rings (SSSR count). The van der Waals surface area contributed by atoms with Gasteiger partial charge in [0.25, 0.3) is 0 Å². The molecule has 0 atom stereocenters. The molecule has 0 aliphatic heterocycles. The molecular formula is C21H15N3O. The van der Waals surface area contributed by atoms with Crippen LogP contribution in [0.4, 0.5) is 0 Å². The zero-order chi connectivity index (χ0) is 17.1. The van der Waals surface area contributed by atoms with Gasteiger partial charge in [0.15, 0.2) is 6.29 Å². The van der Waals surface area contributed by atoms with Gasteiger partial charge in [-0.15, -0.1) is 5.10 Å². The number of fused-ring (bicyclic) bond motifs is 1. The first-order valence-corrected chi connectivity index (χ1v) is 7.99. The molecule has 4 aromatic rings. The van der Waals surface area contributed by atoms with E-state index < -0.39 is 0 Å². The lowest BCUT2D eigenvalue weighted by Gasteiger charge is -2.13. The molecule has 3 aromatic carbocycles. The monoisotopic (exact) mass is 325 g/mol. The molecule has 0 saturated heterocycles. The van der Waals surface area contributed by atoms with E-state index in [4.69, 9.17) is 0 Å². The number of carbonyl (C=O) groups is 1. The van der Waals surface area contributed by atoms with E-state index in [-0.39, 0.29) is 0 Å². The Labute approximate surface area is 145 Å². The summed E-state index contributed by atoms with van der Waals surface area (Å²) in [6.45, 7) is 0. The average Bonchev–Trinajstić information content (AvgIpc) is 3.11. The number of nitrogens with zero attached hydrogens (tertiary/aromatic N) is 3. The van der Waals surface area contributed by atoms with Crippen LogP contribution < -0.4 is 0 Å². The highest BCUT2D eigenvalue weighted by molar-refractivity contribution is 6.17. The minimum absolute atomic E-state index is 0.572. The second-order valence-corrected chi connectivity index (χ2v) is 5.60. The second kappa shape index (κ2) is 6.53. The summed E-state index contributed by atoms with van der Waals surface area (Å²) < 4.78 is 1.74. The normalized spacial score (nSPS) is 12.0. The molecule has 0 bridgehead atoms. The van der Waals surface area contributed by atoms with Gasteiger partial charge in [0, 0.05) is 11.1 Å². The molecule has 0 aliphatic carbocycles. The number of aldehydes is 1. The third-order valence-electron chi connectivity index (χ3n) is 4.07. The molecular weight excluding hydrogens is 310 g/mol. The van der Waals surface area contributed by atoms with Gasteiger partial charge in [-0.25, -0.2) is 4.68 Å². The minimum atomic E-state index is 0.572. The van der Waals surface area contributed by atoms with E-state index in [0.29, 0.717) is 5.57 Å². The fourth-order valence-corrected chi connectivity index (χ4v) is 2.90. The Morgan fingerprint density at radius 2 is 1.36 bits per heavy atom. The summed E-state index contributed by atoms with van der Waals surface area (Å²) in [7, 11) is 0. The van der Waals surface area contributed by atoms with E-state index >= 15 is 0 Å². The zero-order valence-corrected chi connectivity index (χ0v) is 13.4. The van der Waals surface area contributed by atoms with Crippen LogP contribution in [0.15, 0.2) is 84.9 Å². The SMILES string of the molecule is O=C/C(=C(/c1ccccc1)n1nnc2ccccc21)c1ccccc1. The topological polar surface area (TPSA) is 47.8 Å². The quantitative estimate of drug-likeness (QED) is 0.323. The van der Waals surface area contributed by atoms with Gasteiger partial charge in [-0.1, -0.05) is 78.0 Å². The lowest BCUT2D eigenvalue weighted by molar-refractivity contribution is -0.103. The van der Waals surface area contributed by atoms with Crippen LogP contribution >= 0.6 is 0 Å². The summed E-state index contributed by atoms with van der Waals surface area (Å²) in [6.07, 6.45) is 0.883. The largest absolute Gasteiger partial charge is 0.298 e. The Kier molecular flexibility index (Phi) is 3.92. The van der Waals surface area contributed by atoms with Crippen molar-refractivity contribution in [3.05, 3.63) is 96.1 Å². The summed E-state index contributed by atoms with van der Waals surface area (Å²) in [5.74, 6) is 0. The summed E-state index contributed by atoms with van der Waals surface area (Å²) in [5.41, 5.74) is 4.68. The van der Waals surface area contributed by atoms with Crippen molar-refractivity contribution in [3.63, 3.8) is 0 Å². The highest BCUT2D eigenvalue weighted by Gasteiger charge is 2.17. The fourth-order valence-electron chi connectivity index (χ4n) is 2.90. The predicted molar refractivity (Wildman–Crippen MR) is 98.7 cm³/mol. The Morgan fingerprint density at radius 3 is 2.04 bits per heavy atom. The van der Waals surface area contributed by atoms with Crippen LogP contribution in [-0.4, -0.2) is 21.3 Å². The summed E-state index contributed by atoms with van der Waals surface area (Å²) in [6, 6.07) is 27.1. The fraction of sp³-hybridized carbons (Fsp3) is 0. The van der Waals surface area contributed by atoms with Crippen molar-refractivity contribution in [3.8, 4) is 0 Å². The van der Waals surface area contributed by atoms with Crippen LogP contribution in [0.2, 0.25) is 0 Å². The smallest absolute Gasteiger partial charge is 0.152 e. The van der Waals surface area contributed by atoms with Gasteiger partial charge in [-0.2, -0.15) is 0 Å². The van der Waals surface area contributed by atoms with Crippen molar-refractivity contribution in [1.29, 1.82) is 0 Å². The van der Waals surface area contributed by atoms with E-state index in [2.05, 4.69) is 10.3 Å². The first-order valence-electron chi connectivity index (χ1n) is 7.99. The van der Waals surface area contributed by atoms with Gasteiger partial charge < -0.3 is 0 Å². The van der Waals surface area contributed by atoms with Gasteiger partial charge in [-0.05, 0) is 17.7 Å². The maximum absolute atomic E-state index is 12.0. The first kappa shape index (κ1) is 15.0. The molecule has 0 fully saturated rings. The maximum atomic E-state index is 12.0. The lowest BCUT2D eigenvalue weighted by Crippen LogP contribution is -2.06. The Hall–Kier alpha value is -3.53. The maximum Gasteiger partial charge on any atom is 0.152 e. The van der Waals surface area contributed by atoms with E-state index in [0.717, 1.165) is 34.1 Å². The predicted octanol–water partition coefficient (Wildman–Crippen LogP) is 4.05. The molecule has 4 heteroatoms. The van der Waals surface area contributed by atoms with Crippen molar-refractivity contribution in [2.75, 3.05) is 0 Å². The van der Waals surface area contributed by atoms with Crippen LogP contribution in [-0.2, 0) is 4.79 Å². The van der Waals surface area contributed by atoms with Crippen LogP contribution in [0.3, 0.4) is 0 Å². The van der Waals surface area contributed by atoms with Crippen LogP contribution in [0.5, 0.6) is 0 Å². The molecule has 120 valence electrons. The second-order valence-electron chi connectivity index (χ2n) is 5.60. The van der Waals surface area contributed by atoms with Gasteiger partial charge in [-0.3, -0.25) is 4.79 Å². The molecule has 1 aromatic heterocycles. The molecule has 0 saturated carbocycles. The number of allylic oxidation sites excluding steroid dienone is 1. The van der Waals surface area contributed by atoms with Crippen molar-refractivity contribution in [1.82, 2.24) is 15.0 Å².